The third-order valence-corrected chi connectivity index (χ3v) is 5.16. The van der Waals surface area contributed by atoms with Gasteiger partial charge in [-0.1, -0.05) is 0 Å². The second-order valence-electron chi connectivity index (χ2n) is 7.14. The molecule has 0 aromatic carbocycles. The van der Waals surface area contributed by atoms with E-state index in [4.69, 9.17) is 5.11 Å². The van der Waals surface area contributed by atoms with E-state index in [1.165, 1.54) is 12.4 Å². The molecule has 1 unspecified atom stereocenters. The van der Waals surface area contributed by atoms with Crippen molar-refractivity contribution in [3.63, 3.8) is 0 Å². The van der Waals surface area contributed by atoms with E-state index in [9.17, 15) is 19.8 Å². The Hall–Kier alpha value is -2.46. The molecule has 3 rings (SSSR count). The molecule has 1 amide bonds. The van der Waals surface area contributed by atoms with Gasteiger partial charge >= 0.3 is 5.97 Å². The third-order valence-electron chi connectivity index (χ3n) is 5.16. The van der Waals surface area contributed by atoms with Crippen LogP contribution in [0.3, 0.4) is 0 Å². The molecule has 1 aromatic heterocycles. The number of carboxylic acids is 1. The lowest BCUT2D eigenvalue weighted by molar-refractivity contribution is -0.149. The molecule has 10 nitrogen and oxygen atoms in total. The number of aromatic hydroxyl groups is 1. The maximum absolute atomic E-state index is 11.7. The number of aromatic nitrogens is 2. The van der Waals surface area contributed by atoms with E-state index >= 15 is 0 Å². The largest absolute Gasteiger partial charge is 0.505 e. The summed E-state index contributed by atoms with van der Waals surface area (Å²) in [5.74, 6) is -0.847. The van der Waals surface area contributed by atoms with Gasteiger partial charge in [0, 0.05) is 38.8 Å². The van der Waals surface area contributed by atoms with Crippen molar-refractivity contribution in [2.75, 3.05) is 37.6 Å². The number of nitrogens with zero attached hydrogens (tertiary/aromatic N) is 4. The third kappa shape index (κ3) is 5.04. The summed E-state index contributed by atoms with van der Waals surface area (Å²) in [5, 5.41) is 29.9. The van der Waals surface area contributed by atoms with E-state index in [1.54, 1.807) is 0 Å². The van der Waals surface area contributed by atoms with Crippen LogP contribution in [0, 0.1) is 5.92 Å². The maximum Gasteiger partial charge on any atom is 0.333 e. The molecule has 0 saturated carbocycles. The lowest BCUT2D eigenvalue weighted by atomic mass is 9.91. The minimum atomic E-state index is -1.66. The molecule has 2 aliphatic heterocycles. The monoisotopic (exact) mass is 379 g/mol. The summed E-state index contributed by atoms with van der Waals surface area (Å²) in [4.78, 5) is 35.2. The molecule has 0 bridgehead atoms. The van der Waals surface area contributed by atoms with Crippen LogP contribution in [0.2, 0.25) is 0 Å². The van der Waals surface area contributed by atoms with Gasteiger partial charge in [0.2, 0.25) is 11.9 Å². The predicted octanol–water partition coefficient (Wildman–Crippen LogP) is -0.965. The number of amides is 1. The van der Waals surface area contributed by atoms with E-state index in [1.807, 2.05) is 0 Å². The summed E-state index contributed by atoms with van der Waals surface area (Å²) in [7, 11) is 0. The quantitative estimate of drug-likeness (QED) is 0.492. The van der Waals surface area contributed by atoms with Crippen LogP contribution in [0.1, 0.15) is 19.3 Å². The molecule has 3 atom stereocenters. The Morgan fingerprint density at radius 3 is 2.67 bits per heavy atom. The second-order valence-corrected chi connectivity index (χ2v) is 7.14. The molecule has 2 saturated heterocycles. The van der Waals surface area contributed by atoms with Crippen molar-refractivity contribution in [2.45, 2.75) is 31.4 Å². The zero-order valence-corrected chi connectivity index (χ0v) is 15.0. The van der Waals surface area contributed by atoms with Gasteiger partial charge in [-0.25, -0.2) is 14.8 Å². The average Bonchev–Trinajstić information content (AvgIpc) is 2.66. The molecule has 10 heteroatoms. The molecule has 27 heavy (non-hydrogen) atoms. The van der Waals surface area contributed by atoms with Gasteiger partial charge < -0.3 is 25.5 Å². The highest BCUT2D eigenvalue weighted by Crippen LogP contribution is 2.26. The summed E-state index contributed by atoms with van der Waals surface area (Å²) >= 11 is 0. The molecule has 1 aromatic rings. The highest BCUT2D eigenvalue weighted by Gasteiger charge is 2.33. The van der Waals surface area contributed by atoms with Gasteiger partial charge in [-0.15, -0.1) is 0 Å². The summed E-state index contributed by atoms with van der Waals surface area (Å²) in [5.41, 5.74) is 0. The fourth-order valence-corrected chi connectivity index (χ4v) is 3.68. The van der Waals surface area contributed by atoms with Crippen molar-refractivity contribution in [2.24, 2.45) is 5.92 Å². The first-order valence-corrected chi connectivity index (χ1v) is 9.10. The Bertz CT molecular complexity index is 670. The number of nitrogens with one attached hydrogen (secondary N) is 1. The van der Waals surface area contributed by atoms with E-state index in [0.717, 1.165) is 39.0 Å². The zero-order chi connectivity index (χ0) is 19.4. The van der Waals surface area contributed by atoms with E-state index in [0.29, 0.717) is 24.5 Å². The summed E-state index contributed by atoms with van der Waals surface area (Å²) in [6.45, 7) is 3.85. The van der Waals surface area contributed by atoms with Crippen LogP contribution < -0.4 is 10.2 Å². The smallest absolute Gasteiger partial charge is 0.333 e. The lowest BCUT2D eigenvalue weighted by Crippen LogP contribution is -2.57. The van der Waals surface area contributed by atoms with Gasteiger partial charge in [-0.05, 0) is 18.8 Å². The van der Waals surface area contributed by atoms with Crippen molar-refractivity contribution in [3.8, 4) is 5.75 Å². The molecule has 0 aliphatic carbocycles. The number of piperidine rings is 1. The van der Waals surface area contributed by atoms with Crippen molar-refractivity contribution in [1.82, 2.24) is 20.2 Å². The van der Waals surface area contributed by atoms with Crippen LogP contribution in [0.25, 0.3) is 0 Å². The first kappa shape index (κ1) is 19.3. The van der Waals surface area contributed by atoms with Crippen molar-refractivity contribution >= 4 is 17.8 Å². The van der Waals surface area contributed by atoms with Crippen LogP contribution in [0.15, 0.2) is 12.4 Å². The minimum Gasteiger partial charge on any atom is -0.505 e. The first-order chi connectivity index (χ1) is 12.9. The van der Waals surface area contributed by atoms with Gasteiger partial charge in [0.15, 0.2) is 11.9 Å². The molecule has 3 heterocycles. The number of aliphatic carboxylic acids is 1. The van der Waals surface area contributed by atoms with E-state index < -0.39 is 24.4 Å². The number of rotatable bonds is 6. The van der Waals surface area contributed by atoms with Gasteiger partial charge in [-0.2, -0.15) is 0 Å². The van der Waals surface area contributed by atoms with Gasteiger partial charge in [0.25, 0.3) is 0 Å². The fraction of sp³-hybridized carbons (Fsp3) is 0.647. The van der Waals surface area contributed by atoms with Crippen molar-refractivity contribution in [3.05, 3.63) is 12.4 Å². The highest BCUT2D eigenvalue weighted by molar-refractivity contribution is 5.83. The number of aliphatic hydroxyl groups excluding tert-OH is 1. The number of anilines is 1. The number of carbonyl (C=O) groups is 2. The summed E-state index contributed by atoms with van der Waals surface area (Å²) in [6.07, 6.45) is 2.68. The van der Waals surface area contributed by atoms with Crippen LogP contribution in [-0.4, -0.2) is 86.9 Å². The van der Waals surface area contributed by atoms with Crippen LogP contribution in [-0.2, 0) is 9.59 Å². The normalized spacial score (nSPS) is 24.1. The number of piperazine rings is 1. The Labute approximate surface area is 156 Å². The average molecular weight is 379 g/mol. The molecular formula is C17H25N5O5. The molecule has 2 aliphatic rings. The minimum absolute atomic E-state index is 0.0517. The Kier molecular flexibility index (Phi) is 6.07. The molecule has 4 N–H and O–H groups in total. The Morgan fingerprint density at radius 1 is 1.22 bits per heavy atom. The number of carbonyl (C=O) groups excluding carboxylic acids is 1. The van der Waals surface area contributed by atoms with Gasteiger partial charge in [0.1, 0.15) is 0 Å². The number of aliphatic hydroxyl groups is 1. The maximum atomic E-state index is 11.7. The number of hydrogen-bond donors (Lipinski definition) is 4. The zero-order valence-electron chi connectivity index (χ0n) is 15.0. The van der Waals surface area contributed by atoms with Gasteiger partial charge in [-0.3, -0.25) is 9.69 Å². The van der Waals surface area contributed by atoms with Crippen molar-refractivity contribution < 1.29 is 24.9 Å². The molecule has 0 spiro atoms. The molecule has 2 fully saturated rings. The Morgan fingerprint density at radius 2 is 1.96 bits per heavy atom. The van der Waals surface area contributed by atoms with Crippen LogP contribution >= 0.6 is 0 Å². The molecule has 148 valence electrons. The SMILES string of the molecule is O=C(CC(O)C(=O)O)NC[C@H]1CC[C@H]2CN(c3ncc(O)cn3)CCN2C1. The predicted molar refractivity (Wildman–Crippen MR) is 95.3 cm³/mol. The Balaban J connectivity index is 1.44. The standard InChI is InChI=1S/C17H25N5O5/c23-13-7-19-17(20-8-13)22-4-3-21-9-11(1-2-12(21)10-22)6-18-15(25)5-14(24)16(26)27/h7-8,11-12,14,23-24H,1-6,9-10H2,(H,18,25)(H,26,27)/t11-,12+,14?/m1/s1. The molecule has 0 radical (unpaired) electrons. The number of hydrogen-bond acceptors (Lipinski definition) is 8. The lowest BCUT2D eigenvalue weighted by Gasteiger charge is -2.46. The summed E-state index contributed by atoms with van der Waals surface area (Å²) < 4.78 is 0. The fourth-order valence-electron chi connectivity index (χ4n) is 3.68. The van der Waals surface area contributed by atoms with Crippen LogP contribution in [0.4, 0.5) is 5.95 Å². The number of carboxylic acid groups (broad SMARTS) is 1. The van der Waals surface area contributed by atoms with E-state index in [-0.39, 0.29) is 5.75 Å². The number of fused-ring (bicyclic) bond motifs is 1. The van der Waals surface area contributed by atoms with E-state index in [2.05, 4.69) is 25.1 Å². The summed E-state index contributed by atoms with van der Waals surface area (Å²) in [6, 6.07) is 0.400. The topological polar surface area (TPSA) is 139 Å². The van der Waals surface area contributed by atoms with Gasteiger partial charge in [0.05, 0.1) is 18.8 Å². The van der Waals surface area contributed by atoms with Crippen LogP contribution in [0.5, 0.6) is 5.75 Å². The molecular weight excluding hydrogens is 354 g/mol. The first-order valence-electron chi connectivity index (χ1n) is 9.10. The second kappa shape index (κ2) is 8.49. The van der Waals surface area contributed by atoms with Crippen molar-refractivity contribution in [1.29, 1.82) is 0 Å². The highest BCUT2D eigenvalue weighted by atomic mass is 16.4.